The molecule has 380 valence electrons. The number of rotatable bonds is 54. The van der Waals surface area contributed by atoms with Crippen molar-refractivity contribution in [1.29, 1.82) is 0 Å². The molecule has 0 aliphatic rings. The molecule has 0 aliphatic carbocycles. The first kappa shape index (κ1) is 62.6. The molecule has 0 saturated carbocycles. The zero-order valence-electron chi connectivity index (χ0n) is 43.3. The summed E-state index contributed by atoms with van der Waals surface area (Å²) in [5.41, 5.74) is 0. The van der Waals surface area contributed by atoms with Crippen LogP contribution in [0.4, 0.5) is 0 Å². The monoisotopic (exact) mass is 904 g/mol. The summed E-state index contributed by atoms with van der Waals surface area (Å²) in [6.45, 7) is 4.95. The highest BCUT2D eigenvalue weighted by molar-refractivity contribution is 5.76. The summed E-state index contributed by atoms with van der Waals surface area (Å²) in [5, 5.41) is 23.3. The van der Waals surface area contributed by atoms with Gasteiger partial charge in [-0.25, -0.2) is 0 Å². The van der Waals surface area contributed by atoms with Crippen LogP contribution in [0.15, 0.2) is 12.2 Å². The van der Waals surface area contributed by atoms with Crippen LogP contribution in [0.5, 0.6) is 0 Å². The second kappa shape index (κ2) is 54.2. The minimum Gasteiger partial charge on any atom is -0.466 e. The lowest BCUT2D eigenvalue weighted by atomic mass is 10.0. The van der Waals surface area contributed by atoms with E-state index in [0.29, 0.717) is 25.9 Å². The number of hydrogen-bond donors (Lipinski definition) is 3. The Kier molecular flexibility index (Phi) is 53.0. The van der Waals surface area contributed by atoms with E-state index in [2.05, 4.69) is 31.3 Å². The molecule has 6 heteroatoms. The molecule has 0 aliphatic heterocycles. The Bertz CT molecular complexity index is 955. The van der Waals surface area contributed by atoms with Crippen LogP contribution < -0.4 is 5.32 Å². The van der Waals surface area contributed by atoms with Gasteiger partial charge in [-0.15, -0.1) is 0 Å². The summed E-state index contributed by atoms with van der Waals surface area (Å²) in [7, 11) is 0. The molecule has 0 aromatic carbocycles. The zero-order chi connectivity index (χ0) is 46.5. The lowest BCUT2D eigenvalue weighted by molar-refractivity contribution is -0.143. The molecule has 0 rings (SSSR count). The molecule has 3 N–H and O–H groups in total. The molecule has 64 heavy (non-hydrogen) atoms. The Morgan fingerprint density at radius 1 is 0.422 bits per heavy atom. The maximum absolute atomic E-state index is 12.5. The largest absolute Gasteiger partial charge is 0.466 e. The van der Waals surface area contributed by atoms with Crippen molar-refractivity contribution in [3.63, 3.8) is 0 Å². The van der Waals surface area contributed by atoms with E-state index in [-0.39, 0.29) is 18.5 Å². The maximum atomic E-state index is 12.5. The van der Waals surface area contributed by atoms with Crippen LogP contribution in [0.3, 0.4) is 0 Å². The summed E-state index contributed by atoms with van der Waals surface area (Å²) in [4.78, 5) is 24.5. The lowest BCUT2D eigenvalue weighted by Crippen LogP contribution is -2.45. The van der Waals surface area contributed by atoms with Gasteiger partial charge in [0, 0.05) is 12.8 Å². The van der Waals surface area contributed by atoms with Crippen molar-refractivity contribution in [3.05, 3.63) is 12.2 Å². The van der Waals surface area contributed by atoms with Crippen LogP contribution in [0.2, 0.25) is 0 Å². The summed E-state index contributed by atoms with van der Waals surface area (Å²) < 4.78 is 5.46. The number of nitrogens with one attached hydrogen (secondary N) is 1. The molecule has 0 spiro atoms. The molecule has 2 atom stereocenters. The van der Waals surface area contributed by atoms with E-state index in [1.165, 1.54) is 238 Å². The zero-order valence-corrected chi connectivity index (χ0v) is 43.3. The van der Waals surface area contributed by atoms with Gasteiger partial charge in [0.25, 0.3) is 0 Å². The second-order valence-corrected chi connectivity index (χ2v) is 20.0. The summed E-state index contributed by atoms with van der Waals surface area (Å²) >= 11 is 0. The number of aliphatic hydroxyl groups is 2. The average molecular weight is 905 g/mol. The minimum atomic E-state index is -0.671. The van der Waals surface area contributed by atoms with E-state index in [0.717, 1.165) is 51.4 Å². The van der Waals surface area contributed by atoms with Crippen molar-refractivity contribution in [2.24, 2.45) is 0 Å². The molecular formula is C58H113NO5. The van der Waals surface area contributed by atoms with Crippen molar-refractivity contribution in [1.82, 2.24) is 5.32 Å². The van der Waals surface area contributed by atoms with Crippen molar-refractivity contribution in [2.75, 3.05) is 13.2 Å². The first-order valence-electron chi connectivity index (χ1n) is 28.9. The topological polar surface area (TPSA) is 95.9 Å². The summed E-state index contributed by atoms with van der Waals surface area (Å²) in [6, 6.07) is -0.550. The van der Waals surface area contributed by atoms with Crippen LogP contribution in [-0.4, -0.2) is 47.4 Å². The third kappa shape index (κ3) is 50.0. The maximum Gasteiger partial charge on any atom is 0.305 e. The molecule has 0 fully saturated rings. The number of allylic oxidation sites excluding steroid dienone is 2. The highest BCUT2D eigenvalue weighted by atomic mass is 16.5. The van der Waals surface area contributed by atoms with Crippen LogP contribution >= 0.6 is 0 Å². The molecule has 0 saturated heterocycles. The number of carbonyl (C=O) groups excluding carboxylic acids is 2. The van der Waals surface area contributed by atoms with Gasteiger partial charge in [0.1, 0.15) is 0 Å². The Morgan fingerprint density at radius 2 is 0.734 bits per heavy atom. The number of esters is 1. The van der Waals surface area contributed by atoms with Gasteiger partial charge in [-0.3, -0.25) is 9.59 Å². The number of unbranched alkanes of at least 4 members (excludes halogenated alkanes) is 41. The van der Waals surface area contributed by atoms with Crippen LogP contribution in [0.1, 0.15) is 322 Å². The quantitative estimate of drug-likeness (QED) is 0.0321. The van der Waals surface area contributed by atoms with Gasteiger partial charge in [0.15, 0.2) is 0 Å². The predicted molar refractivity (Wildman–Crippen MR) is 278 cm³/mol. The summed E-state index contributed by atoms with van der Waals surface area (Å²) in [5.74, 6) is -0.0447. The molecule has 2 unspecified atom stereocenters. The SMILES string of the molecule is CCCCCCCCCCCCCCCCCCCCC(O)C(CO)NC(=O)CCCCCCCCC/C=C\CCCCCCCCOC(=O)CCCCCCCCCCCCCC. The number of aliphatic hydroxyl groups excluding tert-OH is 2. The van der Waals surface area contributed by atoms with E-state index in [1.807, 2.05) is 0 Å². The van der Waals surface area contributed by atoms with Crippen molar-refractivity contribution < 1.29 is 24.5 Å². The number of ether oxygens (including phenoxy) is 1. The average Bonchev–Trinajstić information content (AvgIpc) is 3.29. The van der Waals surface area contributed by atoms with E-state index >= 15 is 0 Å². The third-order valence-electron chi connectivity index (χ3n) is 13.6. The van der Waals surface area contributed by atoms with Gasteiger partial charge in [-0.2, -0.15) is 0 Å². The fraction of sp³-hybridized carbons (Fsp3) is 0.931. The Labute approximate surface area is 399 Å². The molecule has 1 amide bonds. The summed E-state index contributed by atoms with van der Waals surface area (Å²) in [6.07, 6.45) is 63.4. The van der Waals surface area contributed by atoms with Gasteiger partial charge in [0.05, 0.1) is 25.4 Å². The molecule has 0 heterocycles. The van der Waals surface area contributed by atoms with Crippen LogP contribution in [-0.2, 0) is 14.3 Å². The van der Waals surface area contributed by atoms with Gasteiger partial charge in [-0.1, -0.05) is 270 Å². The minimum absolute atomic E-state index is 0.000489. The fourth-order valence-electron chi connectivity index (χ4n) is 9.11. The van der Waals surface area contributed by atoms with E-state index in [4.69, 9.17) is 4.74 Å². The molecular weight excluding hydrogens is 791 g/mol. The number of hydrogen-bond acceptors (Lipinski definition) is 5. The van der Waals surface area contributed by atoms with Crippen molar-refractivity contribution in [3.8, 4) is 0 Å². The van der Waals surface area contributed by atoms with Gasteiger partial charge < -0.3 is 20.3 Å². The Hall–Kier alpha value is -1.40. The van der Waals surface area contributed by atoms with Gasteiger partial charge in [-0.05, 0) is 51.4 Å². The highest BCUT2D eigenvalue weighted by Crippen LogP contribution is 2.17. The van der Waals surface area contributed by atoms with E-state index in [9.17, 15) is 19.8 Å². The molecule has 0 radical (unpaired) electrons. The van der Waals surface area contributed by atoms with Crippen LogP contribution in [0, 0.1) is 0 Å². The predicted octanol–water partition coefficient (Wildman–Crippen LogP) is 17.7. The van der Waals surface area contributed by atoms with E-state index in [1.54, 1.807) is 0 Å². The normalized spacial score (nSPS) is 12.6. The first-order chi connectivity index (χ1) is 31.5. The smallest absolute Gasteiger partial charge is 0.305 e. The molecule has 0 bridgehead atoms. The Balaban J connectivity index is 3.45. The molecule has 0 aromatic rings. The van der Waals surface area contributed by atoms with E-state index < -0.39 is 12.1 Å². The standard InChI is InChI=1S/C58H113NO5/c1-3-5-7-9-11-13-15-17-18-19-21-24-27-30-34-38-42-46-50-56(61)55(54-60)59-57(62)51-47-43-39-35-31-28-25-22-20-23-26-29-33-37-41-45-49-53-64-58(63)52-48-44-40-36-32-16-14-12-10-8-6-4-2/h20,23,55-56,60-61H,3-19,21-22,24-54H2,1-2H3,(H,59,62)/b23-20-. The van der Waals surface area contributed by atoms with Gasteiger partial charge >= 0.3 is 5.97 Å². The van der Waals surface area contributed by atoms with Gasteiger partial charge in [0.2, 0.25) is 5.91 Å². The fourth-order valence-corrected chi connectivity index (χ4v) is 9.11. The third-order valence-corrected chi connectivity index (χ3v) is 13.6. The Morgan fingerprint density at radius 3 is 1.11 bits per heavy atom. The molecule has 6 nitrogen and oxygen atoms in total. The number of carbonyl (C=O) groups is 2. The second-order valence-electron chi connectivity index (χ2n) is 20.0. The lowest BCUT2D eigenvalue weighted by Gasteiger charge is -2.22. The van der Waals surface area contributed by atoms with Crippen molar-refractivity contribution >= 4 is 11.9 Å². The first-order valence-corrected chi connectivity index (χ1v) is 28.9. The number of amides is 1. The van der Waals surface area contributed by atoms with Crippen LogP contribution in [0.25, 0.3) is 0 Å². The highest BCUT2D eigenvalue weighted by Gasteiger charge is 2.20. The molecule has 0 aromatic heterocycles. The van der Waals surface area contributed by atoms with Crippen molar-refractivity contribution in [2.45, 2.75) is 334 Å².